The molecule has 7 heteroatoms. The summed E-state index contributed by atoms with van der Waals surface area (Å²) in [7, 11) is 0. The Bertz CT molecular complexity index is 560. The van der Waals surface area contributed by atoms with Crippen molar-refractivity contribution in [1.29, 1.82) is 0 Å². The molecule has 3 nitrogen and oxygen atoms in total. The number of hydrogen-bond acceptors (Lipinski definition) is 2. The fraction of sp³-hybridized carbons (Fsp3) is 0.611. The van der Waals surface area contributed by atoms with Crippen LogP contribution in [0.15, 0.2) is 24.3 Å². The van der Waals surface area contributed by atoms with Crippen LogP contribution < -0.4 is 10.6 Å². The molecule has 1 aromatic rings. The molecule has 1 amide bonds. The van der Waals surface area contributed by atoms with E-state index >= 15 is 0 Å². The molecule has 142 valence electrons. The maximum absolute atomic E-state index is 12.7. The van der Waals surface area contributed by atoms with Gasteiger partial charge in [-0.1, -0.05) is 26.0 Å². The highest BCUT2D eigenvalue weighted by atomic mass is 35.5. The van der Waals surface area contributed by atoms with Crippen LogP contribution in [0, 0.1) is 11.8 Å². The van der Waals surface area contributed by atoms with Crippen LogP contribution in [0.5, 0.6) is 0 Å². The number of carbonyl (C=O) groups is 1. The molecular formula is C18H26ClF3N2O. The lowest BCUT2D eigenvalue weighted by Crippen LogP contribution is -2.44. The smallest absolute Gasteiger partial charge is 0.349 e. The first kappa shape index (κ1) is 21.8. The molecule has 1 unspecified atom stereocenters. The van der Waals surface area contributed by atoms with Crippen LogP contribution in [0.4, 0.5) is 13.2 Å². The van der Waals surface area contributed by atoms with Crippen molar-refractivity contribution in [2.24, 2.45) is 11.8 Å². The minimum Gasteiger partial charge on any atom is -0.349 e. The quantitative estimate of drug-likeness (QED) is 0.818. The molecule has 1 aromatic carbocycles. The van der Waals surface area contributed by atoms with E-state index in [4.69, 9.17) is 0 Å². The summed E-state index contributed by atoms with van der Waals surface area (Å²) in [5, 5.41) is 6.34. The van der Waals surface area contributed by atoms with Crippen LogP contribution in [0.2, 0.25) is 0 Å². The number of benzene rings is 1. The molecule has 1 aliphatic heterocycles. The molecule has 1 fully saturated rings. The Morgan fingerprint density at radius 1 is 1.24 bits per heavy atom. The molecule has 2 rings (SSSR count). The van der Waals surface area contributed by atoms with Gasteiger partial charge in [-0.15, -0.1) is 12.4 Å². The highest BCUT2D eigenvalue weighted by Crippen LogP contribution is 2.31. The number of carbonyl (C=O) groups excluding carboxylic acids is 1. The number of rotatable bonds is 4. The second kappa shape index (κ2) is 8.90. The Balaban J connectivity index is 0.00000312. The summed E-state index contributed by atoms with van der Waals surface area (Å²) in [5.74, 6) is 0.0312. The summed E-state index contributed by atoms with van der Waals surface area (Å²) in [5.41, 5.74) is 0.0283. The topological polar surface area (TPSA) is 41.1 Å². The zero-order valence-electron chi connectivity index (χ0n) is 14.7. The van der Waals surface area contributed by atoms with E-state index in [0.29, 0.717) is 11.6 Å². The van der Waals surface area contributed by atoms with E-state index in [0.717, 1.165) is 31.5 Å². The molecule has 0 bridgehead atoms. The fourth-order valence-corrected chi connectivity index (χ4v) is 3.16. The Kier molecular flexibility index (Phi) is 7.75. The van der Waals surface area contributed by atoms with Crippen molar-refractivity contribution < 1.29 is 18.0 Å². The van der Waals surface area contributed by atoms with Crippen molar-refractivity contribution in [3.05, 3.63) is 35.4 Å². The normalized spacial score (nSPS) is 22.2. The van der Waals surface area contributed by atoms with Gasteiger partial charge < -0.3 is 10.6 Å². The largest absolute Gasteiger partial charge is 0.416 e. The molecule has 2 N–H and O–H groups in total. The summed E-state index contributed by atoms with van der Waals surface area (Å²) in [6, 6.07) is 5.08. The van der Waals surface area contributed by atoms with Crippen molar-refractivity contribution >= 4 is 18.3 Å². The lowest BCUT2D eigenvalue weighted by Gasteiger charge is -2.30. The number of alkyl halides is 3. The molecule has 1 aliphatic rings. The van der Waals surface area contributed by atoms with Crippen LogP contribution in [-0.2, 0) is 11.0 Å². The van der Waals surface area contributed by atoms with Crippen LogP contribution >= 0.6 is 12.4 Å². The predicted octanol–water partition coefficient (Wildman–Crippen LogP) is 4.33. The van der Waals surface area contributed by atoms with Crippen LogP contribution in [-0.4, -0.2) is 18.5 Å². The third kappa shape index (κ3) is 5.89. The van der Waals surface area contributed by atoms with Gasteiger partial charge in [0.05, 0.1) is 11.6 Å². The third-order valence-corrected chi connectivity index (χ3v) is 4.56. The van der Waals surface area contributed by atoms with Crippen LogP contribution in [0.25, 0.3) is 0 Å². The van der Waals surface area contributed by atoms with Gasteiger partial charge in [-0.25, -0.2) is 0 Å². The SMILES string of the molecule is CC(C)C(NC(=O)[C@H]1CCN[C@@H](C)C1)c1ccc(C(F)(F)F)cc1.Cl. The maximum atomic E-state index is 12.7. The van der Waals surface area contributed by atoms with Gasteiger partial charge in [-0.2, -0.15) is 13.2 Å². The second-order valence-corrected chi connectivity index (χ2v) is 6.93. The number of nitrogens with one attached hydrogen (secondary N) is 2. The van der Waals surface area contributed by atoms with Gasteiger partial charge >= 0.3 is 6.18 Å². The molecule has 25 heavy (non-hydrogen) atoms. The van der Waals surface area contributed by atoms with Gasteiger partial charge in [0.25, 0.3) is 0 Å². The average Bonchev–Trinajstić information content (AvgIpc) is 2.51. The predicted molar refractivity (Wildman–Crippen MR) is 94.6 cm³/mol. The van der Waals surface area contributed by atoms with Crippen molar-refractivity contribution in [3.63, 3.8) is 0 Å². The molecule has 0 radical (unpaired) electrons. The summed E-state index contributed by atoms with van der Waals surface area (Å²) >= 11 is 0. The number of hydrogen-bond donors (Lipinski definition) is 2. The average molecular weight is 379 g/mol. The number of amides is 1. The summed E-state index contributed by atoms with van der Waals surface area (Å²) in [6.07, 6.45) is -2.78. The van der Waals surface area contributed by atoms with Crippen molar-refractivity contribution in [2.45, 2.75) is 51.9 Å². The first-order chi connectivity index (χ1) is 11.2. The van der Waals surface area contributed by atoms with Gasteiger partial charge in [-0.05, 0) is 49.9 Å². The van der Waals surface area contributed by atoms with E-state index in [2.05, 4.69) is 17.6 Å². The van der Waals surface area contributed by atoms with Crippen molar-refractivity contribution in [2.75, 3.05) is 6.54 Å². The first-order valence-electron chi connectivity index (χ1n) is 8.39. The highest BCUT2D eigenvalue weighted by molar-refractivity contribution is 5.85. The minimum absolute atomic E-state index is 0. The van der Waals surface area contributed by atoms with Gasteiger partial charge in [0.1, 0.15) is 0 Å². The van der Waals surface area contributed by atoms with Crippen LogP contribution in [0.3, 0.4) is 0 Å². The molecule has 1 saturated heterocycles. The highest BCUT2D eigenvalue weighted by Gasteiger charge is 2.31. The van der Waals surface area contributed by atoms with Crippen molar-refractivity contribution in [1.82, 2.24) is 10.6 Å². The van der Waals surface area contributed by atoms with Crippen molar-refractivity contribution in [3.8, 4) is 0 Å². The molecule has 0 aromatic heterocycles. The Morgan fingerprint density at radius 3 is 2.32 bits per heavy atom. The van der Waals surface area contributed by atoms with E-state index in [1.807, 2.05) is 13.8 Å². The second-order valence-electron chi connectivity index (χ2n) is 6.93. The minimum atomic E-state index is -4.35. The van der Waals surface area contributed by atoms with E-state index < -0.39 is 11.7 Å². The van der Waals surface area contributed by atoms with Gasteiger partial charge in [0.15, 0.2) is 0 Å². The molecule has 3 atom stereocenters. The molecule has 0 saturated carbocycles. The monoisotopic (exact) mass is 378 g/mol. The Hall–Kier alpha value is -1.27. The summed E-state index contributed by atoms with van der Waals surface area (Å²) in [4.78, 5) is 12.5. The number of halogens is 4. The molecule has 1 heterocycles. The zero-order valence-corrected chi connectivity index (χ0v) is 15.5. The number of piperidine rings is 1. The van der Waals surface area contributed by atoms with Gasteiger partial charge in [-0.3, -0.25) is 4.79 Å². The van der Waals surface area contributed by atoms with E-state index in [1.165, 1.54) is 12.1 Å². The summed E-state index contributed by atoms with van der Waals surface area (Å²) < 4.78 is 38.1. The van der Waals surface area contributed by atoms with Gasteiger partial charge in [0, 0.05) is 12.0 Å². The van der Waals surface area contributed by atoms with Gasteiger partial charge in [0.2, 0.25) is 5.91 Å². The van der Waals surface area contributed by atoms with E-state index in [-0.39, 0.29) is 36.2 Å². The standard InChI is InChI=1S/C18H25F3N2O.ClH/c1-11(2)16(13-4-6-15(7-5-13)18(19,20)21)23-17(24)14-8-9-22-12(3)10-14;/h4-7,11-12,14,16,22H,8-10H2,1-3H3,(H,23,24);1H/t12-,14-,16?;/m0./s1. The Labute approximate surface area is 153 Å². The molecular weight excluding hydrogens is 353 g/mol. The molecule has 0 aliphatic carbocycles. The lowest BCUT2D eigenvalue weighted by atomic mass is 9.90. The Morgan fingerprint density at radius 2 is 1.84 bits per heavy atom. The fourth-order valence-electron chi connectivity index (χ4n) is 3.16. The molecule has 0 spiro atoms. The van der Waals surface area contributed by atoms with E-state index in [9.17, 15) is 18.0 Å². The zero-order chi connectivity index (χ0) is 17.9. The first-order valence-corrected chi connectivity index (χ1v) is 8.39. The third-order valence-electron chi connectivity index (χ3n) is 4.56. The van der Waals surface area contributed by atoms with E-state index in [1.54, 1.807) is 0 Å². The lowest BCUT2D eigenvalue weighted by molar-refractivity contribution is -0.137. The maximum Gasteiger partial charge on any atom is 0.416 e. The van der Waals surface area contributed by atoms with Crippen LogP contribution in [0.1, 0.15) is 50.8 Å². The summed E-state index contributed by atoms with van der Waals surface area (Å²) in [6.45, 7) is 6.77.